The summed E-state index contributed by atoms with van der Waals surface area (Å²) in [7, 11) is 0. The van der Waals surface area contributed by atoms with Crippen molar-refractivity contribution in [3.63, 3.8) is 0 Å². The maximum Gasteiger partial charge on any atom is 0.410 e. The molecule has 2 rings (SSSR count). The van der Waals surface area contributed by atoms with Crippen LogP contribution in [0, 0.1) is 11.3 Å². The first-order chi connectivity index (χ1) is 13.6. The second-order valence-corrected chi connectivity index (χ2v) is 8.38. The fourth-order valence-corrected chi connectivity index (χ4v) is 3.33. The number of hydrogen-bond donors (Lipinski definition) is 1. The molecule has 0 aliphatic carbocycles. The molecule has 1 aromatic carbocycles. The normalized spacial score (nSPS) is 15.6. The number of ether oxygens (including phenoxy) is 2. The van der Waals surface area contributed by atoms with E-state index in [9.17, 15) is 10.1 Å². The molecular formula is C22H32N2O5. The van der Waals surface area contributed by atoms with Crippen LogP contribution in [0.25, 0.3) is 0 Å². The highest BCUT2D eigenvalue weighted by Crippen LogP contribution is 2.40. The lowest BCUT2D eigenvalue weighted by atomic mass is 9.71. The lowest BCUT2D eigenvalue weighted by Gasteiger charge is -2.41. The first-order valence-corrected chi connectivity index (χ1v) is 9.77. The van der Waals surface area contributed by atoms with Gasteiger partial charge in [-0.25, -0.2) is 4.79 Å². The molecule has 1 heterocycles. The van der Waals surface area contributed by atoms with Gasteiger partial charge in [-0.15, -0.1) is 0 Å². The fourth-order valence-electron chi connectivity index (χ4n) is 3.33. The van der Waals surface area contributed by atoms with E-state index in [1.807, 2.05) is 52.8 Å². The number of hydrogen-bond acceptors (Lipinski definition) is 5. The molecule has 1 aromatic rings. The summed E-state index contributed by atoms with van der Waals surface area (Å²) in [6, 6.07) is 10.4. The first-order valence-electron chi connectivity index (χ1n) is 9.77. The Morgan fingerprint density at radius 1 is 1.34 bits per heavy atom. The molecule has 0 atom stereocenters. The van der Waals surface area contributed by atoms with Crippen LogP contribution in [0.3, 0.4) is 0 Å². The number of nitriles is 1. The Balaban J connectivity index is 0.00000132. The van der Waals surface area contributed by atoms with Gasteiger partial charge >= 0.3 is 6.09 Å². The van der Waals surface area contributed by atoms with Crippen LogP contribution in [0.1, 0.15) is 59.4 Å². The smallest absolute Gasteiger partial charge is 0.410 e. The number of likely N-dealkylation sites (tertiary alicyclic amines) is 1. The van der Waals surface area contributed by atoms with Crippen molar-refractivity contribution in [3.05, 3.63) is 29.8 Å². The Labute approximate surface area is 173 Å². The van der Waals surface area contributed by atoms with Gasteiger partial charge in [-0.05, 0) is 65.2 Å². The van der Waals surface area contributed by atoms with Gasteiger partial charge in [0.25, 0.3) is 6.47 Å². The van der Waals surface area contributed by atoms with Crippen molar-refractivity contribution < 1.29 is 24.2 Å². The molecule has 0 radical (unpaired) electrons. The van der Waals surface area contributed by atoms with Crippen molar-refractivity contribution in [2.45, 2.75) is 71.0 Å². The molecule has 1 aliphatic rings. The summed E-state index contributed by atoms with van der Waals surface area (Å²) in [5.74, 6) is 0.824. The van der Waals surface area contributed by atoms with Gasteiger partial charge in [0.05, 0.1) is 12.2 Å². The molecule has 0 aromatic heterocycles. The summed E-state index contributed by atoms with van der Waals surface area (Å²) in [4.78, 5) is 22.4. The molecule has 7 heteroatoms. The first kappa shape index (κ1) is 24.3. The Morgan fingerprint density at radius 3 is 2.41 bits per heavy atom. The van der Waals surface area contributed by atoms with Crippen molar-refractivity contribution in [2.24, 2.45) is 0 Å². The van der Waals surface area contributed by atoms with Crippen molar-refractivity contribution in [2.75, 3.05) is 13.1 Å². The van der Waals surface area contributed by atoms with Crippen LogP contribution in [0.4, 0.5) is 4.79 Å². The minimum atomic E-state index is -0.499. The summed E-state index contributed by atoms with van der Waals surface area (Å²) in [5.41, 5.74) is 0.366. The van der Waals surface area contributed by atoms with Crippen molar-refractivity contribution in [1.29, 1.82) is 5.26 Å². The van der Waals surface area contributed by atoms with Crippen LogP contribution < -0.4 is 4.74 Å². The van der Waals surface area contributed by atoms with Gasteiger partial charge in [0.15, 0.2) is 0 Å². The van der Waals surface area contributed by atoms with Gasteiger partial charge in [0.2, 0.25) is 0 Å². The number of amides is 1. The highest BCUT2D eigenvalue weighted by atomic mass is 16.6. The summed E-state index contributed by atoms with van der Waals surface area (Å²) in [5, 5.41) is 16.3. The zero-order valence-corrected chi connectivity index (χ0v) is 18.0. The zero-order chi connectivity index (χ0) is 22.1. The van der Waals surface area contributed by atoms with Crippen LogP contribution in [0.5, 0.6) is 5.75 Å². The van der Waals surface area contributed by atoms with E-state index in [1.54, 1.807) is 4.90 Å². The van der Waals surface area contributed by atoms with E-state index in [2.05, 4.69) is 12.1 Å². The second kappa shape index (κ2) is 10.7. The van der Waals surface area contributed by atoms with Crippen LogP contribution in [-0.4, -0.2) is 47.4 Å². The standard InChI is InChI=1S/C21H30N2O3.CH2O2/c1-16(2)25-18-8-6-7-17(15-18)21(9-12-22)10-13-23(14-11-21)19(24)26-20(3,4)5;2-1-3/h6-8,15-16H,9-11,13-14H2,1-5H3;1H,(H,2,3). The quantitative estimate of drug-likeness (QED) is 0.749. The number of carbonyl (C=O) groups is 2. The van der Waals surface area contributed by atoms with E-state index in [0.29, 0.717) is 19.5 Å². The molecule has 1 fully saturated rings. The minimum absolute atomic E-state index is 0.103. The Hall–Kier alpha value is -2.75. The number of rotatable bonds is 4. The van der Waals surface area contributed by atoms with Crippen LogP contribution >= 0.6 is 0 Å². The Bertz CT molecular complexity index is 711. The topological polar surface area (TPSA) is 99.9 Å². The number of nitrogens with zero attached hydrogens (tertiary/aromatic N) is 2. The zero-order valence-electron chi connectivity index (χ0n) is 18.0. The van der Waals surface area contributed by atoms with E-state index < -0.39 is 5.60 Å². The maximum atomic E-state index is 12.3. The van der Waals surface area contributed by atoms with Gasteiger partial charge in [-0.3, -0.25) is 4.79 Å². The van der Waals surface area contributed by atoms with E-state index in [0.717, 1.165) is 24.2 Å². The fraction of sp³-hybridized carbons (Fsp3) is 0.591. The molecule has 1 aliphatic heterocycles. The van der Waals surface area contributed by atoms with E-state index >= 15 is 0 Å². The Morgan fingerprint density at radius 2 is 1.93 bits per heavy atom. The van der Waals surface area contributed by atoms with Gasteiger partial charge in [0.1, 0.15) is 11.4 Å². The monoisotopic (exact) mass is 404 g/mol. The molecule has 1 saturated heterocycles. The highest BCUT2D eigenvalue weighted by molar-refractivity contribution is 5.68. The predicted molar refractivity (Wildman–Crippen MR) is 110 cm³/mol. The van der Waals surface area contributed by atoms with Crippen LogP contribution in [0.2, 0.25) is 0 Å². The molecule has 160 valence electrons. The average molecular weight is 405 g/mol. The maximum absolute atomic E-state index is 12.3. The van der Waals surface area contributed by atoms with E-state index in [4.69, 9.17) is 19.4 Å². The van der Waals surface area contributed by atoms with Crippen molar-refractivity contribution in [1.82, 2.24) is 4.90 Å². The molecule has 0 bridgehead atoms. The van der Waals surface area contributed by atoms with Crippen LogP contribution in [-0.2, 0) is 14.9 Å². The predicted octanol–water partition coefficient (Wildman–Crippen LogP) is 4.36. The summed E-state index contributed by atoms with van der Waals surface area (Å²) in [6.45, 7) is 10.5. The lowest BCUT2D eigenvalue weighted by Crippen LogP contribution is -2.46. The summed E-state index contributed by atoms with van der Waals surface area (Å²) >= 11 is 0. The average Bonchev–Trinajstić information content (AvgIpc) is 2.61. The largest absolute Gasteiger partial charge is 0.491 e. The minimum Gasteiger partial charge on any atom is -0.491 e. The summed E-state index contributed by atoms with van der Waals surface area (Å²) in [6.07, 6.45) is 1.74. The SMILES string of the molecule is CC(C)Oc1cccc(C2(CC#N)CCN(C(=O)OC(C)(C)C)CC2)c1.O=CO. The highest BCUT2D eigenvalue weighted by Gasteiger charge is 2.38. The number of benzene rings is 1. The molecule has 1 N–H and O–H groups in total. The third kappa shape index (κ3) is 7.65. The third-order valence-electron chi connectivity index (χ3n) is 4.61. The third-order valence-corrected chi connectivity index (χ3v) is 4.61. The van der Waals surface area contributed by atoms with E-state index in [1.165, 1.54) is 0 Å². The molecular weight excluding hydrogens is 372 g/mol. The Kier molecular flexibility index (Phi) is 8.96. The van der Waals surface area contributed by atoms with Gasteiger partial charge < -0.3 is 19.5 Å². The number of carbonyl (C=O) groups excluding carboxylic acids is 1. The van der Waals surface area contributed by atoms with Crippen LogP contribution in [0.15, 0.2) is 24.3 Å². The van der Waals surface area contributed by atoms with Gasteiger partial charge in [0, 0.05) is 24.9 Å². The number of piperidine rings is 1. The van der Waals surface area contributed by atoms with Crippen molar-refractivity contribution >= 4 is 12.6 Å². The molecule has 0 saturated carbocycles. The molecule has 29 heavy (non-hydrogen) atoms. The lowest BCUT2D eigenvalue weighted by molar-refractivity contribution is -0.122. The molecule has 1 amide bonds. The second-order valence-electron chi connectivity index (χ2n) is 8.38. The molecule has 7 nitrogen and oxygen atoms in total. The number of carboxylic acid groups (broad SMARTS) is 1. The summed E-state index contributed by atoms with van der Waals surface area (Å²) < 4.78 is 11.3. The molecule has 0 spiro atoms. The van der Waals surface area contributed by atoms with Gasteiger partial charge in [-0.2, -0.15) is 5.26 Å². The van der Waals surface area contributed by atoms with E-state index in [-0.39, 0.29) is 24.1 Å². The molecule has 0 unspecified atom stereocenters. The van der Waals surface area contributed by atoms with Crippen molar-refractivity contribution in [3.8, 4) is 11.8 Å². The van der Waals surface area contributed by atoms with Gasteiger partial charge in [-0.1, -0.05) is 12.1 Å².